The number of ether oxygens (including phenoxy) is 2. The smallest absolute Gasteiger partial charge is 0.240 e. The predicted octanol–water partition coefficient (Wildman–Crippen LogP) is 0.899. The van der Waals surface area contributed by atoms with Crippen LogP contribution >= 0.6 is 0 Å². The van der Waals surface area contributed by atoms with E-state index in [-0.39, 0.29) is 11.5 Å². The Morgan fingerprint density at radius 1 is 1.15 bits per heavy atom. The Morgan fingerprint density at radius 3 is 2.65 bits per heavy atom. The van der Waals surface area contributed by atoms with Crippen LogP contribution in [0.3, 0.4) is 0 Å². The Balaban J connectivity index is 2.09. The van der Waals surface area contributed by atoms with Crippen molar-refractivity contribution in [2.24, 2.45) is 0 Å². The molecule has 1 aromatic carbocycles. The molecule has 2 rings (SSSR count). The van der Waals surface area contributed by atoms with Crippen molar-refractivity contribution in [2.45, 2.75) is 24.2 Å². The molecule has 0 aromatic heterocycles. The van der Waals surface area contributed by atoms with Crippen molar-refractivity contribution < 1.29 is 23.0 Å². The van der Waals surface area contributed by atoms with Crippen molar-refractivity contribution in [1.82, 2.24) is 4.72 Å². The van der Waals surface area contributed by atoms with Gasteiger partial charge in [-0.3, -0.25) is 0 Å². The van der Waals surface area contributed by atoms with Gasteiger partial charge in [0.25, 0.3) is 0 Å². The zero-order valence-electron chi connectivity index (χ0n) is 11.2. The monoisotopic (exact) mass is 301 g/mol. The van der Waals surface area contributed by atoms with Crippen LogP contribution in [-0.4, -0.2) is 39.9 Å². The second-order valence-electron chi connectivity index (χ2n) is 4.49. The van der Waals surface area contributed by atoms with Crippen LogP contribution in [0.4, 0.5) is 0 Å². The highest BCUT2D eigenvalue weighted by Gasteiger charge is 2.18. The van der Waals surface area contributed by atoms with Crippen molar-refractivity contribution in [1.29, 1.82) is 0 Å². The number of nitrogens with one attached hydrogen (secondary N) is 1. The molecular formula is C13H19NO5S. The van der Waals surface area contributed by atoms with Crippen molar-refractivity contribution in [3.8, 4) is 11.5 Å². The molecule has 2 N–H and O–H groups in total. The summed E-state index contributed by atoms with van der Waals surface area (Å²) in [4.78, 5) is 0.158. The third-order valence-electron chi connectivity index (χ3n) is 2.91. The van der Waals surface area contributed by atoms with Gasteiger partial charge in [0.1, 0.15) is 0 Å². The van der Waals surface area contributed by atoms with E-state index in [0.29, 0.717) is 44.1 Å². The normalized spacial score (nSPS) is 14.8. The van der Waals surface area contributed by atoms with E-state index in [1.165, 1.54) is 12.1 Å². The van der Waals surface area contributed by atoms with Gasteiger partial charge in [-0.15, -0.1) is 0 Å². The first kappa shape index (κ1) is 15.1. The zero-order chi connectivity index (χ0) is 14.4. The first-order valence-corrected chi connectivity index (χ1v) is 8.12. The Kier molecular flexibility index (Phi) is 5.22. The van der Waals surface area contributed by atoms with E-state index in [4.69, 9.17) is 14.6 Å². The van der Waals surface area contributed by atoms with E-state index < -0.39 is 10.0 Å². The summed E-state index contributed by atoms with van der Waals surface area (Å²) in [6.45, 7) is 1.45. The van der Waals surface area contributed by atoms with Crippen molar-refractivity contribution in [3.05, 3.63) is 18.2 Å². The number of aliphatic hydroxyl groups is 1. The number of rotatable bonds is 6. The maximum Gasteiger partial charge on any atom is 0.240 e. The van der Waals surface area contributed by atoms with Gasteiger partial charge in [-0.2, -0.15) is 0 Å². The number of hydrogen-bond acceptors (Lipinski definition) is 5. The molecule has 112 valence electrons. The maximum absolute atomic E-state index is 12.1. The zero-order valence-corrected chi connectivity index (χ0v) is 12.0. The Morgan fingerprint density at radius 2 is 1.90 bits per heavy atom. The largest absolute Gasteiger partial charge is 0.490 e. The molecule has 1 aliphatic rings. The Bertz CT molecular complexity index is 544. The molecule has 0 amide bonds. The minimum atomic E-state index is -3.55. The van der Waals surface area contributed by atoms with Gasteiger partial charge in [-0.25, -0.2) is 13.1 Å². The fraction of sp³-hybridized carbons (Fsp3) is 0.538. The molecule has 6 nitrogen and oxygen atoms in total. The summed E-state index contributed by atoms with van der Waals surface area (Å²) in [6.07, 6.45) is 1.94. The molecule has 1 heterocycles. The van der Waals surface area contributed by atoms with Gasteiger partial charge in [0.15, 0.2) is 11.5 Å². The summed E-state index contributed by atoms with van der Waals surface area (Å²) in [5.41, 5.74) is 0. The van der Waals surface area contributed by atoms with E-state index in [0.717, 1.165) is 6.42 Å². The molecule has 0 spiro atoms. The fourth-order valence-corrected chi connectivity index (χ4v) is 2.93. The lowest BCUT2D eigenvalue weighted by atomic mass is 10.3. The van der Waals surface area contributed by atoms with E-state index in [1.807, 2.05) is 0 Å². The Hall–Kier alpha value is -1.31. The van der Waals surface area contributed by atoms with Crippen LogP contribution in [0.1, 0.15) is 19.3 Å². The molecule has 7 heteroatoms. The fourth-order valence-electron chi connectivity index (χ4n) is 1.84. The molecule has 0 fully saturated rings. The van der Waals surface area contributed by atoms with E-state index in [1.54, 1.807) is 6.07 Å². The van der Waals surface area contributed by atoms with Crippen LogP contribution in [-0.2, 0) is 10.0 Å². The minimum Gasteiger partial charge on any atom is -0.490 e. The lowest BCUT2D eigenvalue weighted by Gasteiger charge is -2.10. The average Bonchev–Trinajstić information content (AvgIpc) is 2.68. The van der Waals surface area contributed by atoms with Gasteiger partial charge in [0.05, 0.1) is 18.1 Å². The summed E-state index contributed by atoms with van der Waals surface area (Å²) >= 11 is 0. The molecule has 0 atom stereocenters. The molecule has 0 radical (unpaired) electrons. The number of fused-ring (bicyclic) bond motifs is 1. The highest BCUT2D eigenvalue weighted by atomic mass is 32.2. The van der Waals surface area contributed by atoms with E-state index in [2.05, 4.69) is 4.72 Å². The molecule has 20 heavy (non-hydrogen) atoms. The van der Waals surface area contributed by atoms with Crippen molar-refractivity contribution in [2.75, 3.05) is 26.4 Å². The number of sulfonamides is 1. The average molecular weight is 301 g/mol. The van der Waals surface area contributed by atoms with Gasteiger partial charge in [-0.1, -0.05) is 0 Å². The topological polar surface area (TPSA) is 84.9 Å². The summed E-state index contributed by atoms with van der Waals surface area (Å²) in [5, 5.41) is 8.66. The number of benzene rings is 1. The van der Waals surface area contributed by atoms with Gasteiger partial charge in [0.2, 0.25) is 10.0 Å². The second-order valence-corrected chi connectivity index (χ2v) is 6.25. The standard InChI is InChI=1S/C13H19NO5S/c15-7-2-1-6-14-20(16,17)11-4-5-12-13(10-11)19-9-3-8-18-12/h4-5,10,14-15H,1-3,6-9H2. The highest BCUT2D eigenvalue weighted by molar-refractivity contribution is 7.89. The summed E-state index contributed by atoms with van der Waals surface area (Å²) in [6, 6.07) is 4.60. The molecule has 1 aliphatic heterocycles. The van der Waals surface area contributed by atoms with Crippen LogP contribution in [0, 0.1) is 0 Å². The molecule has 0 bridgehead atoms. The van der Waals surface area contributed by atoms with Crippen molar-refractivity contribution >= 4 is 10.0 Å². The number of aliphatic hydroxyl groups excluding tert-OH is 1. The molecule has 1 aromatic rings. The maximum atomic E-state index is 12.1. The first-order chi connectivity index (χ1) is 9.63. The summed E-state index contributed by atoms with van der Waals surface area (Å²) < 4.78 is 37.6. The van der Waals surface area contributed by atoms with Gasteiger partial charge in [0, 0.05) is 25.6 Å². The summed E-state index contributed by atoms with van der Waals surface area (Å²) in [5.74, 6) is 1.03. The Labute approximate surface area is 118 Å². The molecular weight excluding hydrogens is 282 g/mol. The quantitative estimate of drug-likeness (QED) is 0.763. The lowest BCUT2D eigenvalue weighted by Crippen LogP contribution is -2.25. The third-order valence-corrected chi connectivity index (χ3v) is 4.36. The van der Waals surface area contributed by atoms with E-state index >= 15 is 0 Å². The predicted molar refractivity (Wildman–Crippen MR) is 73.6 cm³/mol. The number of hydrogen-bond donors (Lipinski definition) is 2. The van der Waals surface area contributed by atoms with Crippen LogP contribution in [0.2, 0.25) is 0 Å². The van der Waals surface area contributed by atoms with Crippen LogP contribution in [0.5, 0.6) is 11.5 Å². The van der Waals surface area contributed by atoms with Crippen molar-refractivity contribution in [3.63, 3.8) is 0 Å². The van der Waals surface area contributed by atoms with Gasteiger partial charge < -0.3 is 14.6 Å². The second kappa shape index (κ2) is 6.92. The van der Waals surface area contributed by atoms with Crippen LogP contribution < -0.4 is 14.2 Å². The third kappa shape index (κ3) is 3.84. The SMILES string of the molecule is O=S(=O)(NCCCCO)c1ccc2c(c1)OCCCO2. The van der Waals surface area contributed by atoms with Crippen LogP contribution in [0.15, 0.2) is 23.1 Å². The van der Waals surface area contributed by atoms with Crippen LogP contribution in [0.25, 0.3) is 0 Å². The molecule has 0 saturated heterocycles. The molecule has 0 saturated carbocycles. The lowest BCUT2D eigenvalue weighted by molar-refractivity contribution is 0.285. The summed E-state index contributed by atoms with van der Waals surface area (Å²) in [7, 11) is -3.55. The first-order valence-electron chi connectivity index (χ1n) is 6.63. The molecule has 0 aliphatic carbocycles. The number of unbranched alkanes of at least 4 members (excludes halogenated alkanes) is 1. The van der Waals surface area contributed by atoms with Gasteiger partial charge in [-0.05, 0) is 25.0 Å². The van der Waals surface area contributed by atoms with E-state index in [9.17, 15) is 8.42 Å². The van der Waals surface area contributed by atoms with Gasteiger partial charge >= 0.3 is 0 Å². The minimum absolute atomic E-state index is 0.0613. The highest BCUT2D eigenvalue weighted by Crippen LogP contribution is 2.31. The molecule has 0 unspecified atom stereocenters.